The van der Waals surface area contributed by atoms with Crippen molar-refractivity contribution in [3.63, 3.8) is 0 Å². The zero-order valence-electron chi connectivity index (χ0n) is 10.8. The van der Waals surface area contributed by atoms with Crippen LogP contribution in [0.2, 0.25) is 0 Å². The summed E-state index contributed by atoms with van der Waals surface area (Å²) in [6.07, 6.45) is 0.269. The molecule has 0 saturated carbocycles. The van der Waals surface area contributed by atoms with Crippen molar-refractivity contribution in [3.8, 4) is 5.75 Å². The maximum atomic E-state index is 13.5. The smallest absolute Gasteiger partial charge is 0.307 e. The van der Waals surface area contributed by atoms with E-state index in [1.807, 2.05) is 0 Å². The summed E-state index contributed by atoms with van der Waals surface area (Å²) in [4.78, 5) is 23.2. The number of anilines is 1. The molecule has 108 valence electrons. The van der Waals surface area contributed by atoms with Crippen molar-refractivity contribution in [3.05, 3.63) is 28.1 Å². The number of nitro groups is 1. The van der Waals surface area contributed by atoms with E-state index < -0.39 is 16.4 Å². The van der Waals surface area contributed by atoms with Gasteiger partial charge >= 0.3 is 5.69 Å². The number of rotatable bonds is 4. The van der Waals surface area contributed by atoms with E-state index in [1.54, 1.807) is 0 Å². The fraction of sp³-hybridized carbons (Fsp3) is 0.417. The van der Waals surface area contributed by atoms with Crippen LogP contribution in [0.1, 0.15) is 6.42 Å². The van der Waals surface area contributed by atoms with Crippen LogP contribution >= 0.6 is 0 Å². The number of halogens is 1. The monoisotopic (exact) mass is 283 g/mol. The SMILES string of the molecule is COc1cc(F)c([N+](=O)[O-])cc1N1CC(CN)CC1=O. The lowest BCUT2D eigenvalue weighted by molar-refractivity contribution is -0.387. The first-order chi connectivity index (χ1) is 9.47. The third kappa shape index (κ3) is 2.42. The Labute approximate surface area is 114 Å². The van der Waals surface area contributed by atoms with Gasteiger partial charge in [-0.25, -0.2) is 0 Å². The summed E-state index contributed by atoms with van der Waals surface area (Å²) in [5.41, 5.74) is 5.04. The van der Waals surface area contributed by atoms with Crippen molar-refractivity contribution in [1.29, 1.82) is 0 Å². The number of nitrogens with two attached hydrogens (primary N) is 1. The minimum Gasteiger partial charge on any atom is -0.494 e. The van der Waals surface area contributed by atoms with Crippen molar-refractivity contribution in [2.24, 2.45) is 11.7 Å². The van der Waals surface area contributed by atoms with Gasteiger partial charge in [-0.3, -0.25) is 14.9 Å². The van der Waals surface area contributed by atoms with Gasteiger partial charge in [-0.1, -0.05) is 0 Å². The largest absolute Gasteiger partial charge is 0.494 e. The summed E-state index contributed by atoms with van der Waals surface area (Å²) in [7, 11) is 1.31. The molecule has 0 aromatic heterocycles. The Balaban J connectivity index is 2.47. The maximum Gasteiger partial charge on any atom is 0.307 e. The summed E-state index contributed by atoms with van der Waals surface area (Å²) < 4.78 is 18.6. The predicted octanol–water partition coefficient (Wildman–Crippen LogP) is 1.05. The number of ether oxygens (including phenoxy) is 1. The van der Waals surface area contributed by atoms with Crippen molar-refractivity contribution < 1.29 is 18.8 Å². The van der Waals surface area contributed by atoms with Gasteiger partial charge < -0.3 is 15.4 Å². The van der Waals surface area contributed by atoms with Crippen molar-refractivity contribution in [1.82, 2.24) is 0 Å². The molecule has 1 fully saturated rings. The summed E-state index contributed by atoms with van der Waals surface area (Å²) in [6, 6.07) is 1.93. The molecule has 1 aromatic carbocycles. The first-order valence-electron chi connectivity index (χ1n) is 6.00. The van der Waals surface area contributed by atoms with E-state index >= 15 is 0 Å². The average Bonchev–Trinajstić information content (AvgIpc) is 2.79. The number of hydrogen-bond donors (Lipinski definition) is 1. The maximum absolute atomic E-state index is 13.5. The quantitative estimate of drug-likeness (QED) is 0.658. The second-order valence-electron chi connectivity index (χ2n) is 4.54. The van der Waals surface area contributed by atoms with Crippen LogP contribution in [0.4, 0.5) is 15.8 Å². The Morgan fingerprint density at radius 3 is 2.80 bits per heavy atom. The van der Waals surface area contributed by atoms with Gasteiger partial charge in [-0.2, -0.15) is 4.39 Å². The Kier molecular flexibility index (Phi) is 3.84. The van der Waals surface area contributed by atoms with Crippen molar-refractivity contribution >= 4 is 17.3 Å². The third-order valence-corrected chi connectivity index (χ3v) is 3.27. The van der Waals surface area contributed by atoms with E-state index in [0.717, 1.165) is 12.1 Å². The van der Waals surface area contributed by atoms with Gasteiger partial charge in [-0.05, 0) is 12.5 Å². The Bertz CT molecular complexity index is 564. The molecule has 0 radical (unpaired) electrons. The number of hydrogen-bond acceptors (Lipinski definition) is 5. The van der Waals surface area contributed by atoms with Crippen molar-refractivity contribution in [2.75, 3.05) is 25.1 Å². The second-order valence-corrected chi connectivity index (χ2v) is 4.54. The second kappa shape index (κ2) is 5.41. The Hall–Kier alpha value is -2.22. The van der Waals surface area contributed by atoms with Crippen LogP contribution in [0.3, 0.4) is 0 Å². The van der Waals surface area contributed by atoms with Gasteiger partial charge in [0, 0.05) is 25.1 Å². The standard InChI is InChI=1S/C12H14FN3O4/c1-20-11-3-8(13)9(16(18)19)4-10(11)15-6-7(5-14)2-12(15)17/h3-4,7H,2,5-6,14H2,1H3. The molecule has 1 heterocycles. The first kappa shape index (κ1) is 14.2. The molecule has 0 spiro atoms. The van der Waals surface area contributed by atoms with E-state index in [9.17, 15) is 19.3 Å². The minimum atomic E-state index is -1.00. The van der Waals surface area contributed by atoms with Gasteiger partial charge in [0.05, 0.1) is 17.7 Å². The number of carbonyl (C=O) groups excluding carboxylic acids is 1. The van der Waals surface area contributed by atoms with Crippen molar-refractivity contribution in [2.45, 2.75) is 6.42 Å². The highest BCUT2D eigenvalue weighted by Crippen LogP contribution is 2.37. The first-order valence-corrected chi connectivity index (χ1v) is 6.00. The van der Waals surface area contributed by atoms with E-state index in [-0.39, 0.29) is 29.7 Å². The summed E-state index contributed by atoms with van der Waals surface area (Å²) in [5.74, 6) is -1.15. The van der Waals surface area contributed by atoms with Crippen LogP contribution in [0, 0.1) is 21.8 Å². The van der Waals surface area contributed by atoms with Gasteiger partial charge in [0.15, 0.2) is 0 Å². The van der Waals surface area contributed by atoms with Gasteiger partial charge in [0.1, 0.15) is 5.75 Å². The molecule has 1 aliphatic rings. The highest BCUT2D eigenvalue weighted by molar-refractivity contribution is 5.97. The minimum absolute atomic E-state index is 0.0173. The fourth-order valence-electron chi connectivity index (χ4n) is 2.22. The molecule has 2 N–H and O–H groups in total. The zero-order valence-corrected chi connectivity index (χ0v) is 10.8. The lowest BCUT2D eigenvalue weighted by atomic mass is 10.1. The van der Waals surface area contributed by atoms with E-state index in [0.29, 0.717) is 13.1 Å². The van der Waals surface area contributed by atoms with Crippen LogP contribution in [0.25, 0.3) is 0 Å². The van der Waals surface area contributed by atoms with Gasteiger partial charge in [-0.15, -0.1) is 0 Å². The molecule has 1 aliphatic heterocycles. The number of nitro benzene ring substituents is 1. The molecule has 20 heavy (non-hydrogen) atoms. The molecule has 2 rings (SSSR count). The van der Waals surface area contributed by atoms with Crippen LogP contribution in [-0.4, -0.2) is 31.0 Å². The predicted molar refractivity (Wildman–Crippen MR) is 69.1 cm³/mol. The number of methoxy groups -OCH3 is 1. The zero-order chi connectivity index (χ0) is 14.9. The molecule has 1 saturated heterocycles. The molecule has 1 amide bonds. The van der Waals surface area contributed by atoms with Crippen LogP contribution in [-0.2, 0) is 4.79 Å². The van der Waals surface area contributed by atoms with Crippen LogP contribution in [0.5, 0.6) is 5.75 Å². The summed E-state index contributed by atoms with van der Waals surface area (Å²) >= 11 is 0. The lowest BCUT2D eigenvalue weighted by Crippen LogP contribution is -2.26. The third-order valence-electron chi connectivity index (χ3n) is 3.27. The molecule has 8 heteroatoms. The molecule has 0 aliphatic carbocycles. The molecule has 1 atom stereocenters. The van der Waals surface area contributed by atoms with E-state index in [1.165, 1.54) is 12.0 Å². The Morgan fingerprint density at radius 2 is 2.30 bits per heavy atom. The molecule has 1 aromatic rings. The summed E-state index contributed by atoms with van der Waals surface area (Å²) in [6.45, 7) is 0.683. The molecule has 7 nitrogen and oxygen atoms in total. The molecule has 1 unspecified atom stereocenters. The highest BCUT2D eigenvalue weighted by atomic mass is 19.1. The number of benzene rings is 1. The number of amides is 1. The molecular weight excluding hydrogens is 269 g/mol. The molecular formula is C12H14FN3O4. The Morgan fingerprint density at radius 1 is 1.60 bits per heavy atom. The average molecular weight is 283 g/mol. The van der Waals surface area contributed by atoms with E-state index in [4.69, 9.17) is 10.5 Å². The number of carbonyl (C=O) groups is 1. The van der Waals surface area contributed by atoms with Gasteiger partial charge in [0.2, 0.25) is 11.7 Å². The van der Waals surface area contributed by atoms with Crippen LogP contribution < -0.4 is 15.4 Å². The van der Waals surface area contributed by atoms with E-state index in [2.05, 4.69) is 0 Å². The van der Waals surface area contributed by atoms with Crippen LogP contribution in [0.15, 0.2) is 12.1 Å². The normalized spacial score (nSPS) is 18.4. The summed E-state index contributed by atoms with van der Waals surface area (Å²) in [5, 5.41) is 10.8. The van der Waals surface area contributed by atoms with Gasteiger partial charge in [0.25, 0.3) is 0 Å². The lowest BCUT2D eigenvalue weighted by Gasteiger charge is -2.19. The topological polar surface area (TPSA) is 98.7 Å². The number of nitrogens with zero attached hydrogens (tertiary/aromatic N) is 2. The molecule has 0 bridgehead atoms. The fourth-order valence-corrected chi connectivity index (χ4v) is 2.22. The highest BCUT2D eigenvalue weighted by Gasteiger charge is 2.33.